The van der Waals surface area contributed by atoms with Crippen molar-refractivity contribution in [3.8, 4) is 12.1 Å². The zero-order valence-electron chi connectivity index (χ0n) is 8.87. The minimum atomic E-state index is -0.0634. The number of allylic oxidation sites excluding steroid dienone is 4. The van der Waals surface area contributed by atoms with Gasteiger partial charge in [0.1, 0.15) is 17.7 Å². The van der Waals surface area contributed by atoms with Crippen LogP contribution in [0.5, 0.6) is 0 Å². The Morgan fingerprint density at radius 3 is 2.17 bits per heavy atom. The average molecular weight is 275 g/mol. The second-order valence-corrected chi connectivity index (χ2v) is 4.36. The van der Waals surface area contributed by atoms with Crippen LogP contribution in [-0.4, -0.2) is 6.29 Å². The number of hydrogen-bond donors (Lipinski definition) is 0. The summed E-state index contributed by atoms with van der Waals surface area (Å²) in [6.07, 6.45) is 2.15. The van der Waals surface area contributed by atoms with Crippen molar-refractivity contribution in [2.45, 2.75) is 0 Å². The Hall–Kier alpha value is -2.07. The van der Waals surface area contributed by atoms with Crippen LogP contribution in [0.2, 0.25) is 10.0 Å². The lowest BCUT2D eigenvalue weighted by molar-refractivity contribution is -0.103. The third-order valence-electron chi connectivity index (χ3n) is 2.58. The summed E-state index contributed by atoms with van der Waals surface area (Å²) in [6, 6.07) is 6.70. The number of nitriles is 2. The SMILES string of the molecule is N#CC(C#N)=C1C=C(C=O)c2cc(Cl)c(Cl)cc21. The topological polar surface area (TPSA) is 64.7 Å². The number of benzene rings is 1. The second kappa shape index (κ2) is 4.66. The first kappa shape index (κ1) is 12.4. The Labute approximate surface area is 113 Å². The maximum absolute atomic E-state index is 11.0. The van der Waals surface area contributed by atoms with Crippen molar-refractivity contribution in [3.63, 3.8) is 0 Å². The molecule has 1 aromatic rings. The van der Waals surface area contributed by atoms with Gasteiger partial charge in [0.05, 0.1) is 10.0 Å². The normalized spacial score (nSPS) is 12.2. The monoisotopic (exact) mass is 274 g/mol. The molecule has 0 saturated heterocycles. The van der Waals surface area contributed by atoms with Gasteiger partial charge in [0, 0.05) is 11.1 Å². The van der Waals surface area contributed by atoms with Gasteiger partial charge in [0.25, 0.3) is 0 Å². The summed E-state index contributed by atoms with van der Waals surface area (Å²) in [5, 5.41) is 18.4. The number of carbonyl (C=O) groups excluding carboxylic acids is 1. The molecular formula is C13H4Cl2N2O. The van der Waals surface area contributed by atoms with E-state index in [1.54, 1.807) is 24.3 Å². The zero-order valence-corrected chi connectivity index (χ0v) is 10.4. The van der Waals surface area contributed by atoms with Crippen molar-refractivity contribution < 1.29 is 4.79 Å². The molecule has 0 spiro atoms. The number of aldehydes is 1. The van der Waals surface area contributed by atoms with Gasteiger partial charge in [0.2, 0.25) is 0 Å². The van der Waals surface area contributed by atoms with Crippen LogP contribution in [0.15, 0.2) is 23.8 Å². The van der Waals surface area contributed by atoms with E-state index in [9.17, 15) is 4.79 Å². The Kier molecular flexibility index (Phi) is 3.21. The lowest BCUT2D eigenvalue weighted by Crippen LogP contribution is -1.88. The molecule has 0 radical (unpaired) electrons. The molecule has 1 aliphatic rings. The fraction of sp³-hybridized carbons (Fsp3) is 0. The van der Waals surface area contributed by atoms with E-state index in [1.807, 2.05) is 0 Å². The van der Waals surface area contributed by atoms with Crippen molar-refractivity contribution in [2.24, 2.45) is 0 Å². The van der Waals surface area contributed by atoms with E-state index in [-0.39, 0.29) is 5.57 Å². The van der Waals surface area contributed by atoms with Gasteiger partial charge in [-0.15, -0.1) is 0 Å². The fourth-order valence-corrected chi connectivity index (χ4v) is 2.10. The largest absolute Gasteiger partial charge is 0.298 e. The number of fused-ring (bicyclic) bond motifs is 1. The molecule has 0 fully saturated rings. The molecule has 18 heavy (non-hydrogen) atoms. The first-order valence-corrected chi connectivity index (χ1v) is 5.59. The Balaban J connectivity index is 2.83. The predicted molar refractivity (Wildman–Crippen MR) is 68.6 cm³/mol. The molecular weight excluding hydrogens is 271 g/mol. The molecule has 0 aromatic heterocycles. The van der Waals surface area contributed by atoms with Gasteiger partial charge in [-0.2, -0.15) is 10.5 Å². The van der Waals surface area contributed by atoms with Crippen LogP contribution < -0.4 is 0 Å². The minimum absolute atomic E-state index is 0.0634. The number of carbonyl (C=O) groups is 1. The van der Waals surface area contributed by atoms with Crippen LogP contribution in [0, 0.1) is 22.7 Å². The highest BCUT2D eigenvalue weighted by molar-refractivity contribution is 6.42. The minimum Gasteiger partial charge on any atom is -0.298 e. The van der Waals surface area contributed by atoms with E-state index in [0.717, 1.165) is 0 Å². The fourth-order valence-electron chi connectivity index (χ4n) is 1.77. The number of hydrogen-bond acceptors (Lipinski definition) is 3. The standard InChI is InChI=1S/C13H4Cl2N2O/c14-12-2-10-7(6-18)1-9(8(4-16)5-17)11(10)3-13(12)15/h1-3,6H. The first-order chi connectivity index (χ1) is 8.62. The van der Waals surface area contributed by atoms with Crippen molar-refractivity contribution in [1.29, 1.82) is 10.5 Å². The summed E-state index contributed by atoms with van der Waals surface area (Å²) < 4.78 is 0. The predicted octanol–water partition coefficient (Wildman–Crippen LogP) is 3.39. The second-order valence-electron chi connectivity index (χ2n) is 3.54. The van der Waals surface area contributed by atoms with Crippen molar-refractivity contribution >= 4 is 40.6 Å². The van der Waals surface area contributed by atoms with Crippen LogP contribution in [0.3, 0.4) is 0 Å². The molecule has 0 amide bonds. The summed E-state index contributed by atoms with van der Waals surface area (Å²) >= 11 is 11.8. The molecule has 5 heteroatoms. The van der Waals surface area contributed by atoms with Gasteiger partial charge in [-0.1, -0.05) is 23.2 Å². The first-order valence-electron chi connectivity index (χ1n) is 4.83. The Bertz CT molecular complexity index is 687. The average Bonchev–Trinajstić information content (AvgIpc) is 2.70. The smallest absolute Gasteiger partial charge is 0.150 e. The quantitative estimate of drug-likeness (QED) is 0.582. The Morgan fingerprint density at radius 2 is 1.67 bits per heavy atom. The third-order valence-corrected chi connectivity index (χ3v) is 3.30. The molecule has 0 bridgehead atoms. The molecule has 0 N–H and O–H groups in total. The van der Waals surface area contributed by atoms with Crippen LogP contribution in [-0.2, 0) is 4.79 Å². The number of halogens is 2. The maximum Gasteiger partial charge on any atom is 0.150 e. The van der Waals surface area contributed by atoms with E-state index < -0.39 is 0 Å². The van der Waals surface area contributed by atoms with Gasteiger partial charge >= 0.3 is 0 Å². The van der Waals surface area contributed by atoms with Gasteiger partial charge in [-0.25, -0.2) is 0 Å². The zero-order chi connectivity index (χ0) is 13.3. The molecule has 0 aliphatic heterocycles. The van der Waals surface area contributed by atoms with E-state index in [2.05, 4.69) is 0 Å². The molecule has 0 unspecified atom stereocenters. The van der Waals surface area contributed by atoms with Crippen molar-refractivity contribution in [3.05, 3.63) is 45.0 Å². The molecule has 0 saturated carbocycles. The lowest BCUT2D eigenvalue weighted by Gasteiger charge is -2.04. The summed E-state index contributed by atoms with van der Waals surface area (Å²) in [5.41, 5.74) is 1.87. The summed E-state index contributed by atoms with van der Waals surface area (Å²) in [4.78, 5) is 11.0. The van der Waals surface area contributed by atoms with Crippen molar-refractivity contribution in [1.82, 2.24) is 0 Å². The molecule has 2 rings (SSSR count). The third kappa shape index (κ3) is 1.80. The van der Waals surface area contributed by atoms with E-state index >= 15 is 0 Å². The van der Waals surface area contributed by atoms with Crippen LogP contribution >= 0.6 is 23.2 Å². The van der Waals surface area contributed by atoms with Crippen molar-refractivity contribution in [2.75, 3.05) is 0 Å². The lowest BCUT2D eigenvalue weighted by atomic mass is 10.0. The highest BCUT2D eigenvalue weighted by atomic mass is 35.5. The van der Waals surface area contributed by atoms with E-state index in [0.29, 0.717) is 38.6 Å². The summed E-state index contributed by atoms with van der Waals surface area (Å²) in [5.74, 6) is 0. The summed E-state index contributed by atoms with van der Waals surface area (Å²) in [7, 11) is 0. The van der Waals surface area contributed by atoms with Gasteiger partial charge in [0.15, 0.2) is 6.29 Å². The number of nitrogens with zero attached hydrogens (tertiary/aromatic N) is 2. The van der Waals surface area contributed by atoms with Gasteiger partial charge in [-0.05, 0) is 29.3 Å². The van der Waals surface area contributed by atoms with E-state index in [1.165, 1.54) is 6.08 Å². The number of rotatable bonds is 1. The van der Waals surface area contributed by atoms with Crippen LogP contribution in [0.1, 0.15) is 11.1 Å². The van der Waals surface area contributed by atoms with Crippen LogP contribution in [0.25, 0.3) is 11.1 Å². The molecule has 86 valence electrons. The molecule has 0 heterocycles. The Morgan fingerprint density at radius 1 is 1.11 bits per heavy atom. The van der Waals surface area contributed by atoms with Crippen LogP contribution in [0.4, 0.5) is 0 Å². The highest BCUT2D eigenvalue weighted by Crippen LogP contribution is 2.40. The molecule has 3 nitrogen and oxygen atoms in total. The molecule has 1 aliphatic carbocycles. The van der Waals surface area contributed by atoms with Gasteiger partial charge in [-0.3, -0.25) is 4.79 Å². The molecule has 0 atom stereocenters. The van der Waals surface area contributed by atoms with Gasteiger partial charge < -0.3 is 0 Å². The molecule has 1 aromatic carbocycles. The highest BCUT2D eigenvalue weighted by Gasteiger charge is 2.22. The summed E-state index contributed by atoms with van der Waals surface area (Å²) in [6.45, 7) is 0. The van der Waals surface area contributed by atoms with E-state index in [4.69, 9.17) is 33.7 Å². The maximum atomic E-state index is 11.0.